The number of carbonyl (C=O) groups excluding carboxylic acids is 1. The highest BCUT2D eigenvalue weighted by atomic mass is 35.5. The van der Waals surface area contributed by atoms with Gasteiger partial charge in [-0.05, 0) is 67.6 Å². The van der Waals surface area contributed by atoms with Crippen molar-refractivity contribution in [2.45, 2.75) is 45.7 Å². The van der Waals surface area contributed by atoms with Crippen LogP contribution < -0.4 is 10.1 Å². The first kappa shape index (κ1) is 26.5. The minimum atomic E-state index is -0.0974. The molecule has 1 aliphatic rings. The Labute approximate surface area is 222 Å². The Kier molecular flexibility index (Phi) is 8.88. The number of amides is 1. The van der Waals surface area contributed by atoms with Crippen LogP contribution in [0.4, 0.5) is 0 Å². The number of benzene rings is 2. The van der Waals surface area contributed by atoms with Gasteiger partial charge in [0.15, 0.2) is 0 Å². The van der Waals surface area contributed by atoms with Crippen LogP contribution in [0.2, 0.25) is 10.0 Å². The number of likely N-dealkylation sites (tertiary alicyclic amines) is 1. The molecule has 2 aromatic carbocycles. The number of halogens is 2. The molecule has 4 rings (SSSR count). The second-order valence-corrected chi connectivity index (χ2v) is 10.5. The summed E-state index contributed by atoms with van der Waals surface area (Å²) in [6, 6.07) is 13.1. The van der Waals surface area contributed by atoms with Crippen LogP contribution in [0.1, 0.15) is 50.6 Å². The van der Waals surface area contributed by atoms with Gasteiger partial charge in [0, 0.05) is 17.1 Å². The quantitative estimate of drug-likeness (QED) is 0.356. The summed E-state index contributed by atoms with van der Waals surface area (Å²) >= 11 is 12.3. The Morgan fingerprint density at radius 1 is 1.22 bits per heavy atom. The Morgan fingerprint density at radius 3 is 2.69 bits per heavy atom. The molecule has 3 aromatic rings. The third-order valence-corrected chi connectivity index (χ3v) is 6.96. The molecular weight excluding hydrogens is 499 g/mol. The Bertz CT molecular complexity index is 1170. The molecule has 2 atom stereocenters. The average Bonchev–Trinajstić information content (AvgIpc) is 3.31. The molecule has 1 aliphatic heterocycles. The molecule has 1 amide bonds. The molecule has 0 radical (unpaired) electrons. The fourth-order valence-electron chi connectivity index (χ4n) is 4.58. The van der Waals surface area contributed by atoms with Gasteiger partial charge in [-0.25, -0.2) is 0 Å². The molecule has 1 saturated heterocycles. The summed E-state index contributed by atoms with van der Waals surface area (Å²) in [4.78, 5) is 20.0. The van der Waals surface area contributed by atoms with Gasteiger partial charge in [0.1, 0.15) is 5.75 Å². The Balaban J connectivity index is 1.39. The van der Waals surface area contributed by atoms with Crippen molar-refractivity contribution in [2.75, 3.05) is 20.2 Å². The van der Waals surface area contributed by atoms with Gasteiger partial charge in [-0.1, -0.05) is 54.3 Å². The molecule has 1 fully saturated rings. The van der Waals surface area contributed by atoms with Gasteiger partial charge in [-0.2, -0.15) is 4.98 Å². The Morgan fingerprint density at radius 2 is 2.00 bits per heavy atom. The SMILES string of the molecule is COc1ccc(C(CC(C)C)NC(=O)C2CCCN(Cc3nc(-c4ccc(Cl)cc4Cl)no3)C2)cc1. The van der Waals surface area contributed by atoms with Crippen LogP contribution in [0.3, 0.4) is 0 Å². The van der Waals surface area contributed by atoms with Gasteiger partial charge in [0.2, 0.25) is 17.6 Å². The molecule has 0 saturated carbocycles. The second kappa shape index (κ2) is 12.1. The van der Waals surface area contributed by atoms with E-state index in [1.807, 2.05) is 24.3 Å². The number of hydrogen-bond acceptors (Lipinski definition) is 6. The van der Waals surface area contributed by atoms with Crippen molar-refractivity contribution in [3.8, 4) is 17.1 Å². The highest BCUT2D eigenvalue weighted by Crippen LogP contribution is 2.29. The van der Waals surface area contributed by atoms with Crippen LogP contribution in [0.5, 0.6) is 5.75 Å². The number of carbonyl (C=O) groups is 1. The van der Waals surface area contributed by atoms with Crippen LogP contribution in [-0.4, -0.2) is 41.1 Å². The van der Waals surface area contributed by atoms with E-state index in [-0.39, 0.29) is 17.9 Å². The van der Waals surface area contributed by atoms with E-state index in [1.54, 1.807) is 25.3 Å². The highest BCUT2D eigenvalue weighted by Gasteiger charge is 2.29. The third kappa shape index (κ3) is 6.78. The number of nitrogens with zero attached hydrogens (tertiary/aromatic N) is 3. The minimum absolute atomic E-state index is 0.0404. The zero-order valence-electron chi connectivity index (χ0n) is 20.8. The smallest absolute Gasteiger partial charge is 0.241 e. The lowest BCUT2D eigenvalue weighted by Gasteiger charge is -2.32. The maximum atomic E-state index is 13.3. The van der Waals surface area contributed by atoms with Gasteiger partial charge >= 0.3 is 0 Å². The van der Waals surface area contributed by atoms with Crippen molar-refractivity contribution in [1.29, 1.82) is 0 Å². The van der Waals surface area contributed by atoms with E-state index in [0.717, 1.165) is 37.1 Å². The van der Waals surface area contributed by atoms with Gasteiger partial charge < -0.3 is 14.6 Å². The van der Waals surface area contributed by atoms with Gasteiger partial charge in [0.05, 0.1) is 30.6 Å². The zero-order chi connectivity index (χ0) is 25.7. The predicted molar refractivity (Wildman–Crippen MR) is 141 cm³/mol. The van der Waals surface area contributed by atoms with E-state index in [0.29, 0.717) is 46.3 Å². The largest absolute Gasteiger partial charge is 0.497 e. The number of rotatable bonds is 9. The van der Waals surface area contributed by atoms with E-state index in [4.69, 9.17) is 32.5 Å². The Hall–Kier alpha value is -2.61. The molecule has 2 heterocycles. The summed E-state index contributed by atoms with van der Waals surface area (Å²) in [7, 11) is 1.65. The number of methoxy groups -OCH3 is 1. The lowest BCUT2D eigenvalue weighted by molar-refractivity contribution is -0.127. The van der Waals surface area contributed by atoms with Crippen LogP contribution in [0.25, 0.3) is 11.4 Å². The van der Waals surface area contributed by atoms with E-state index in [9.17, 15) is 4.79 Å². The summed E-state index contributed by atoms with van der Waals surface area (Å²) in [5, 5.41) is 8.41. The van der Waals surface area contributed by atoms with Crippen LogP contribution >= 0.6 is 23.2 Å². The lowest BCUT2D eigenvalue weighted by Crippen LogP contribution is -2.43. The average molecular weight is 531 g/mol. The monoisotopic (exact) mass is 530 g/mol. The molecule has 0 aliphatic carbocycles. The number of hydrogen-bond donors (Lipinski definition) is 1. The minimum Gasteiger partial charge on any atom is -0.497 e. The van der Waals surface area contributed by atoms with Gasteiger partial charge in [-0.15, -0.1) is 0 Å². The first-order valence-electron chi connectivity index (χ1n) is 12.3. The van der Waals surface area contributed by atoms with Crippen molar-refractivity contribution in [2.24, 2.45) is 11.8 Å². The number of nitrogens with one attached hydrogen (secondary N) is 1. The van der Waals surface area contributed by atoms with E-state index in [1.165, 1.54) is 0 Å². The van der Waals surface area contributed by atoms with E-state index in [2.05, 4.69) is 34.2 Å². The molecule has 0 bridgehead atoms. The zero-order valence-corrected chi connectivity index (χ0v) is 22.4. The molecule has 1 aromatic heterocycles. The summed E-state index contributed by atoms with van der Waals surface area (Å²) < 4.78 is 10.8. The second-order valence-electron chi connectivity index (χ2n) is 9.67. The number of piperidine rings is 1. The van der Waals surface area contributed by atoms with E-state index >= 15 is 0 Å². The molecule has 7 nitrogen and oxygen atoms in total. The summed E-state index contributed by atoms with van der Waals surface area (Å²) in [6.07, 6.45) is 2.65. The molecule has 2 unspecified atom stereocenters. The fourth-order valence-corrected chi connectivity index (χ4v) is 5.07. The maximum absolute atomic E-state index is 13.3. The van der Waals surface area contributed by atoms with Crippen molar-refractivity contribution in [1.82, 2.24) is 20.4 Å². The first-order chi connectivity index (χ1) is 17.3. The highest BCUT2D eigenvalue weighted by molar-refractivity contribution is 6.36. The first-order valence-corrected chi connectivity index (χ1v) is 13.0. The van der Waals surface area contributed by atoms with Gasteiger partial charge in [-0.3, -0.25) is 9.69 Å². The van der Waals surface area contributed by atoms with Crippen molar-refractivity contribution < 1.29 is 14.1 Å². The van der Waals surface area contributed by atoms with Crippen molar-refractivity contribution in [3.63, 3.8) is 0 Å². The molecule has 0 spiro atoms. The van der Waals surface area contributed by atoms with Crippen LogP contribution in [0.15, 0.2) is 47.0 Å². The predicted octanol–water partition coefficient (Wildman–Crippen LogP) is 6.17. The van der Waals surface area contributed by atoms with Crippen molar-refractivity contribution in [3.05, 3.63) is 64.0 Å². The van der Waals surface area contributed by atoms with Crippen LogP contribution in [-0.2, 0) is 11.3 Å². The normalized spacial score (nSPS) is 17.2. The fraction of sp³-hybridized carbons (Fsp3) is 0.444. The molecular formula is C27H32Cl2N4O3. The topological polar surface area (TPSA) is 80.5 Å². The maximum Gasteiger partial charge on any atom is 0.241 e. The molecule has 36 heavy (non-hydrogen) atoms. The van der Waals surface area contributed by atoms with Crippen LogP contribution in [0, 0.1) is 11.8 Å². The summed E-state index contributed by atoms with van der Waals surface area (Å²) in [6.45, 7) is 6.33. The molecule has 9 heteroatoms. The number of aromatic nitrogens is 2. The van der Waals surface area contributed by atoms with Gasteiger partial charge in [0.25, 0.3) is 0 Å². The molecule has 192 valence electrons. The summed E-state index contributed by atoms with van der Waals surface area (Å²) in [5.74, 6) is 2.15. The standard InChI is InChI=1S/C27H32Cl2N4O3/c1-17(2)13-24(18-6-9-21(35-3)10-7-18)30-27(34)19-5-4-12-33(15-19)16-25-31-26(32-36-25)22-11-8-20(28)14-23(22)29/h6-11,14,17,19,24H,4-5,12-13,15-16H2,1-3H3,(H,30,34). The number of ether oxygens (including phenoxy) is 1. The third-order valence-electron chi connectivity index (χ3n) is 6.42. The lowest BCUT2D eigenvalue weighted by atomic mass is 9.93. The van der Waals surface area contributed by atoms with Crippen molar-refractivity contribution >= 4 is 29.1 Å². The molecule has 1 N–H and O–H groups in total. The summed E-state index contributed by atoms with van der Waals surface area (Å²) in [5.41, 5.74) is 1.76. The van der Waals surface area contributed by atoms with E-state index < -0.39 is 0 Å².